The summed E-state index contributed by atoms with van der Waals surface area (Å²) in [6, 6.07) is 8.02. The largest absolute Gasteiger partial charge is 0.433 e. The molecule has 1 aromatic carbocycles. The molecule has 0 saturated carbocycles. The lowest BCUT2D eigenvalue weighted by molar-refractivity contribution is -0.141. The van der Waals surface area contributed by atoms with E-state index < -0.39 is 27.5 Å². The average molecular weight is 504 g/mol. The van der Waals surface area contributed by atoms with E-state index in [9.17, 15) is 26.0 Å². The predicted molar refractivity (Wildman–Crippen MR) is 119 cm³/mol. The number of sulfone groups is 1. The molecule has 5 aromatic rings. The summed E-state index contributed by atoms with van der Waals surface area (Å²) < 4.78 is 82.2. The van der Waals surface area contributed by atoms with Gasteiger partial charge in [0.1, 0.15) is 22.9 Å². The number of hydrogen-bond acceptors (Lipinski definition) is 6. The van der Waals surface area contributed by atoms with Crippen LogP contribution in [0.2, 0.25) is 0 Å². The Kier molecular flexibility index (Phi) is 5.13. The lowest BCUT2D eigenvalue weighted by atomic mass is 10.1. The van der Waals surface area contributed by atoms with Crippen LogP contribution < -0.4 is 0 Å². The molecule has 180 valence electrons. The van der Waals surface area contributed by atoms with Crippen molar-refractivity contribution < 1.29 is 26.0 Å². The van der Waals surface area contributed by atoms with Crippen molar-refractivity contribution in [1.82, 2.24) is 29.1 Å². The minimum absolute atomic E-state index is 0.0229. The first-order chi connectivity index (χ1) is 16.5. The van der Waals surface area contributed by atoms with Gasteiger partial charge < -0.3 is 4.57 Å². The molecule has 0 bridgehead atoms. The van der Waals surface area contributed by atoms with Crippen molar-refractivity contribution in [2.24, 2.45) is 7.05 Å². The molecule has 0 N–H and O–H groups in total. The number of hydrogen-bond donors (Lipinski definition) is 0. The van der Waals surface area contributed by atoms with Crippen LogP contribution in [0.4, 0.5) is 17.6 Å². The van der Waals surface area contributed by atoms with Gasteiger partial charge >= 0.3 is 6.18 Å². The molecule has 0 radical (unpaired) electrons. The van der Waals surface area contributed by atoms with E-state index in [0.717, 1.165) is 12.3 Å². The van der Waals surface area contributed by atoms with Gasteiger partial charge in [-0.3, -0.25) is 0 Å². The fourth-order valence-corrected chi connectivity index (χ4v) is 4.78. The molecule has 4 heterocycles. The summed E-state index contributed by atoms with van der Waals surface area (Å²) >= 11 is 0. The molecule has 0 fully saturated rings. The van der Waals surface area contributed by atoms with Crippen molar-refractivity contribution in [3.05, 3.63) is 60.3 Å². The fraction of sp³-hybridized carbons (Fsp3) is 0.182. The smallest absolute Gasteiger partial charge is 0.326 e. The van der Waals surface area contributed by atoms with Crippen LogP contribution in [0.25, 0.3) is 39.3 Å². The Morgan fingerprint density at radius 3 is 2.54 bits per heavy atom. The Morgan fingerprint density at radius 1 is 1.09 bits per heavy atom. The summed E-state index contributed by atoms with van der Waals surface area (Å²) in [4.78, 5) is 12.1. The molecule has 4 aromatic heterocycles. The van der Waals surface area contributed by atoms with Gasteiger partial charge in [0.25, 0.3) is 0 Å². The van der Waals surface area contributed by atoms with Crippen LogP contribution in [-0.2, 0) is 23.1 Å². The fourth-order valence-electron chi connectivity index (χ4n) is 3.81. The molecule has 0 saturated heterocycles. The molecule has 0 unspecified atom stereocenters. The van der Waals surface area contributed by atoms with Gasteiger partial charge in [0.2, 0.25) is 0 Å². The molecule has 13 heteroatoms. The first-order valence-electron chi connectivity index (χ1n) is 10.3. The number of rotatable bonds is 4. The van der Waals surface area contributed by atoms with Gasteiger partial charge in [0.15, 0.2) is 20.5 Å². The highest BCUT2D eigenvalue weighted by atomic mass is 32.2. The molecule has 5 rings (SSSR count). The van der Waals surface area contributed by atoms with E-state index >= 15 is 0 Å². The number of aryl methyl sites for hydroxylation is 1. The second-order valence-corrected chi connectivity index (χ2v) is 9.90. The number of halogens is 4. The van der Waals surface area contributed by atoms with Crippen molar-refractivity contribution in [1.29, 1.82) is 0 Å². The zero-order valence-corrected chi connectivity index (χ0v) is 19.1. The summed E-state index contributed by atoms with van der Waals surface area (Å²) in [5, 5.41) is 3.97. The van der Waals surface area contributed by atoms with Crippen molar-refractivity contribution in [2.75, 3.05) is 5.75 Å². The first-order valence-corrected chi connectivity index (χ1v) is 11.9. The standard InChI is InChI=1S/C22H16F4N6O2S/c1-3-35(33,34)21-18(20-29-14-10-17(22(24,25)26)28-11-16(14)31(20)2)19-27-8-7-15(32(19)30-21)12-5-4-6-13(23)9-12/h4-11H,3H2,1-2H3. The van der Waals surface area contributed by atoms with Crippen LogP contribution in [0.1, 0.15) is 12.6 Å². The number of alkyl halides is 3. The molecular weight excluding hydrogens is 488 g/mol. The molecule has 0 aliphatic rings. The predicted octanol–water partition coefficient (Wildman–Crippen LogP) is 4.30. The lowest BCUT2D eigenvalue weighted by Gasteiger charge is -2.06. The molecule has 0 amide bonds. The number of nitrogens with zero attached hydrogens (tertiary/aromatic N) is 6. The van der Waals surface area contributed by atoms with Crippen LogP contribution in [0.5, 0.6) is 0 Å². The Balaban J connectivity index is 1.85. The van der Waals surface area contributed by atoms with E-state index in [1.54, 1.807) is 12.1 Å². The maximum atomic E-state index is 13.9. The zero-order chi connectivity index (χ0) is 25.1. The molecule has 0 aliphatic carbocycles. The van der Waals surface area contributed by atoms with Crippen molar-refractivity contribution in [3.63, 3.8) is 0 Å². The third-order valence-electron chi connectivity index (χ3n) is 5.56. The summed E-state index contributed by atoms with van der Waals surface area (Å²) in [5.41, 5.74) is 0.0313. The highest BCUT2D eigenvalue weighted by molar-refractivity contribution is 7.91. The van der Waals surface area contributed by atoms with Crippen LogP contribution in [0.15, 0.2) is 53.8 Å². The van der Waals surface area contributed by atoms with Crippen LogP contribution in [0, 0.1) is 5.82 Å². The number of pyridine rings is 1. The average Bonchev–Trinajstić information content (AvgIpc) is 3.36. The Morgan fingerprint density at radius 2 is 1.86 bits per heavy atom. The SMILES string of the molecule is CCS(=O)(=O)c1nn2c(-c3cccc(F)c3)ccnc2c1-c1nc2cc(C(F)(F)F)ncc2n1C. The summed E-state index contributed by atoms with van der Waals surface area (Å²) in [5.74, 6) is -0.736. The topological polar surface area (TPSA) is 95.0 Å². The molecule has 35 heavy (non-hydrogen) atoms. The highest BCUT2D eigenvalue weighted by Crippen LogP contribution is 2.35. The zero-order valence-electron chi connectivity index (χ0n) is 18.2. The highest BCUT2D eigenvalue weighted by Gasteiger charge is 2.34. The molecule has 8 nitrogen and oxygen atoms in total. The van der Waals surface area contributed by atoms with Gasteiger partial charge in [-0.15, -0.1) is 0 Å². The van der Waals surface area contributed by atoms with Crippen LogP contribution in [-0.4, -0.2) is 43.3 Å². The summed E-state index contributed by atoms with van der Waals surface area (Å²) in [6.45, 7) is 1.44. The normalized spacial score (nSPS) is 12.6. The van der Waals surface area contributed by atoms with Gasteiger partial charge in [-0.1, -0.05) is 19.1 Å². The molecule has 0 aliphatic heterocycles. The lowest BCUT2D eigenvalue weighted by Crippen LogP contribution is -2.07. The van der Waals surface area contributed by atoms with E-state index in [1.165, 1.54) is 47.4 Å². The van der Waals surface area contributed by atoms with Crippen LogP contribution in [0.3, 0.4) is 0 Å². The maximum absolute atomic E-state index is 13.9. The molecule has 0 atom stereocenters. The number of aromatic nitrogens is 6. The molecule has 0 spiro atoms. The second-order valence-electron chi connectivity index (χ2n) is 7.71. The van der Waals surface area contributed by atoms with Gasteiger partial charge in [-0.2, -0.15) is 18.3 Å². The maximum Gasteiger partial charge on any atom is 0.433 e. The van der Waals surface area contributed by atoms with E-state index in [-0.39, 0.29) is 38.8 Å². The number of benzene rings is 1. The third kappa shape index (κ3) is 3.71. The van der Waals surface area contributed by atoms with Gasteiger partial charge in [-0.05, 0) is 24.3 Å². The second kappa shape index (κ2) is 7.83. The van der Waals surface area contributed by atoms with Gasteiger partial charge in [-0.25, -0.2) is 32.3 Å². The van der Waals surface area contributed by atoms with Crippen molar-refractivity contribution in [2.45, 2.75) is 18.1 Å². The van der Waals surface area contributed by atoms with E-state index in [2.05, 4.69) is 20.1 Å². The Labute approximate surface area is 195 Å². The minimum Gasteiger partial charge on any atom is -0.326 e. The van der Waals surface area contributed by atoms with Crippen LogP contribution >= 0.6 is 0 Å². The first kappa shape index (κ1) is 22.9. The third-order valence-corrected chi connectivity index (χ3v) is 7.20. The van der Waals surface area contributed by atoms with Crippen molar-refractivity contribution >= 4 is 26.5 Å². The summed E-state index contributed by atoms with van der Waals surface area (Å²) in [7, 11) is -2.40. The van der Waals surface area contributed by atoms with E-state index in [1.807, 2.05) is 0 Å². The minimum atomic E-state index is -4.67. The number of fused-ring (bicyclic) bond motifs is 2. The quantitative estimate of drug-likeness (QED) is 0.339. The Bertz CT molecular complexity index is 1720. The van der Waals surface area contributed by atoms with E-state index in [4.69, 9.17) is 0 Å². The molecular formula is C22H16F4N6O2S. The van der Waals surface area contributed by atoms with Gasteiger partial charge in [0, 0.05) is 18.8 Å². The monoisotopic (exact) mass is 504 g/mol. The van der Waals surface area contributed by atoms with Gasteiger partial charge in [0.05, 0.1) is 28.7 Å². The van der Waals surface area contributed by atoms with E-state index in [0.29, 0.717) is 11.3 Å². The number of imidazole rings is 1. The Hall–Kier alpha value is -3.87. The van der Waals surface area contributed by atoms with Crippen molar-refractivity contribution in [3.8, 4) is 22.6 Å². The summed E-state index contributed by atoms with van der Waals surface area (Å²) in [6.07, 6.45) is -2.23.